The molecular weight excluding hydrogens is 375 g/mol. The highest BCUT2D eigenvalue weighted by molar-refractivity contribution is 7.13. The predicted molar refractivity (Wildman–Crippen MR) is 110 cm³/mol. The quantitative estimate of drug-likeness (QED) is 0.454. The van der Waals surface area contributed by atoms with E-state index in [0.29, 0.717) is 23.2 Å². The number of hydrogen-bond donors (Lipinski definition) is 1. The van der Waals surface area contributed by atoms with E-state index in [1.165, 1.54) is 23.0 Å². The highest BCUT2D eigenvalue weighted by atomic mass is 32.1. The summed E-state index contributed by atoms with van der Waals surface area (Å²) in [4.78, 5) is 4.62. The number of para-hydroxylation sites is 1. The Balaban J connectivity index is 1.37. The minimum atomic E-state index is -0.368. The largest absolute Gasteiger partial charge is 0.491 e. The summed E-state index contributed by atoms with van der Waals surface area (Å²) in [5.74, 6) is 0.845. The van der Waals surface area contributed by atoms with Crippen LogP contribution < -0.4 is 14.8 Å². The van der Waals surface area contributed by atoms with E-state index in [2.05, 4.69) is 23.3 Å². The highest BCUT2D eigenvalue weighted by Crippen LogP contribution is 2.37. The van der Waals surface area contributed by atoms with E-state index < -0.39 is 0 Å². The van der Waals surface area contributed by atoms with Crippen LogP contribution in [0, 0.1) is 5.82 Å². The first-order chi connectivity index (χ1) is 13.7. The summed E-state index contributed by atoms with van der Waals surface area (Å²) in [6.45, 7) is 2.67. The van der Waals surface area contributed by atoms with Crippen LogP contribution in [0.5, 0.6) is 11.5 Å². The maximum atomic E-state index is 14.3. The Kier molecular flexibility index (Phi) is 5.76. The first-order valence-corrected chi connectivity index (χ1v) is 10.5. The second-order valence-corrected chi connectivity index (χ2v) is 7.68. The number of hydrogen-bond acceptors (Lipinski definition) is 5. The maximum Gasteiger partial charge on any atom is 0.187 e. The minimum absolute atomic E-state index is 0.0696. The van der Waals surface area contributed by atoms with Crippen molar-refractivity contribution in [1.29, 1.82) is 0 Å². The third-order valence-corrected chi connectivity index (χ3v) is 5.46. The van der Waals surface area contributed by atoms with E-state index in [-0.39, 0.29) is 11.9 Å². The molecule has 4 rings (SSSR count). The van der Waals surface area contributed by atoms with Crippen LogP contribution in [0.15, 0.2) is 47.8 Å². The van der Waals surface area contributed by atoms with E-state index >= 15 is 0 Å². The monoisotopic (exact) mass is 398 g/mol. The molecule has 0 amide bonds. The highest BCUT2D eigenvalue weighted by Gasteiger charge is 2.26. The van der Waals surface area contributed by atoms with Gasteiger partial charge in [0, 0.05) is 23.6 Å². The number of benzene rings is 2. The van der Waals surface area contributed by atoms with Crippen LogP contribution >= 0.6 is 11.3 Å². The van der Waals surface area contributed by atoms with Gasteiger partial charge in [-0.1, -0.05) is 38.0 Å². The molecule has 146 valence electrons. The van der Waals surface area contributed by atoms with E-state index in [9.17, 15) is 4.39 Å². The summed E-state index contributed by atoms with van der Waals surface area (Å²) >= 11 is 1.48. The smallest absolute Gasteiger partial charge is 0.187 e. The van der Waals surface area contributed by atoms with Gasteiger partial charge in [0.1, 0.15) is 11.9 Å². The molecule has 6 heteroatoms. The molecule has 4 nitrogen and oxygen atoms in total. The van der Waals surface area contributed by atoms with Gasteiger partial charge in [0.25, 0.3) is 0 Å². The van der Waals surface area contributed by atoms with Crippen LogP contribution in [0.2, 0.25) is 0 Å². The van der Waals surface area contributed by atoms with Gasteiger partial charge in [-0.15, -0.1) is 11.3 Å². The number of rotatable bonds is 8. The normalized spacial score (nSPS) is 15.1. The van der Waals surface area contributed by atoms with Crippen LogP contribution in [-0.2, 0) is 6.42 Å². The average molecular weight is 399 g/mol. The molecule has 1 aromatic heterocycles. The first-order valence-electron chi connectivity index (χ1n) is 9.62. The Hall–Kier alpha value is -2.60. The Morgan fingerprint density at radius 2 is 2.14 bits per heavy atom. The summed E-state index contributed by atoms with van der Waals surface area (Å²) in [6.07, 6.45) is 3.88. The zero-order valence-corrected chi connectivity index (χ0v) is 16.6. The van der Waals surface area contributed by atoms with Gasteiger partial charge in [0.15, 0.2) is 16.7 Å². The number of thiazole rings is 1. The average Bonchev–Trinajstić information content (AvgIpc) is 3.33. The zero-order chi connectivity index (χ0) is 19.3. The molecule has 28 heavy (non-hydrogen) atoms. The van der Waals surface area contributed by atoms with Gasteiger partial charge in [-0.05, 0) is 30.2 Å². The molecule has 0 saturated heterocycles. The zero-order valence-electron chi connectivity index (χ0n) is 15.8. The maximum absolute atomic E-state index is 14.3. The third kappa shape index (κ3) is 4.28. The van der Waals surface area contributed by atoms with Crippen molar-refractivity contribution in [3.63, 3.8) is 0 Å². The van der Waals surface area contributed by atoms with E-state index in [0.717, 1.165) is 37.1 Å². The number of aromatic nitrogens is 1. The SMILES string of the molecule is CCCCCOc1ccc(Nc2nc(C3Cc4ccccc4O3)cs2)cc1F. The molecule has 2 aromatic carbocycles. The lowest BCUT2D eigenvalue weighted by atomic mass is 10.1. The van der Waals surface area contributed by atoms with Crippen molar-refractivity contribution < 1.29 is 13.9 Å². The Morgan fingerprint density at radius 1 is 1.25 bits per heavy atom. The fourth-order valence-electron chi connectivity index (χ4n) is 3.19. The fraction of sp³-hybridized carbons (Fsp3) is 0.318. The van der Waals surface area contributed by atoms with Crippen LogP contribution in [-0.4, -0.2) is 11.6 Å². The Bertz CT molecular complexity index is 919. The van der Waals surface area contributed by atoms with Crippen molar-refractivity contribution >= 4 is 22.2 Å². The van der Waals surface area contributed by atoms with Gasteiger partial charge < -0.3 is 14.8 Å². The number of nitrogens with zero attached hydrogens (tertiary/aromatic N) is 1. The molecule has 1 N–H and O–H groups in total. The Labute approximate surface area is 168 Å². The molecule has 2 heterocycles. The second kappa shape index (κ2) is 8.61. The molecule has 0 bridgehead atoms. The number of nitrogens with one attached hydrogen (secondary N) is 1. The lowest BCUT2D eigenvalue weighted by Crippen LogP contribution is -2.04. The van der Waals surface area contributed by atoms with Crippen molar-refractivity contribution in [1.82, 2.24) is 4.98 Å². The topological polar surface area (TPSA) is 43.4 Å². The van der Waals surface area contributed by atoms with Crippen molar-refractivity contribution in [3.05, 3.63) is 64.9 Å². The first kappa shape index (κ1) is 18.7. The van der Waals surface area contributed by atoms with Crippen LogP contribution in [0.25, 0.3) is 0 Å². The number of ether oxygens (including phenoxy) is 2. The molecule has 3 aromatic rings. The van der Waals surface area contributed by atoms with E-state index in [4.69, 9.17) is 9.47 Å². The van der Waals surface area contributed by atoms with Crippen molar-refractivity contribution in [2.75, 3.05) is 11.9 Å². The third-order valence-electron chi connectivity index (χ3n) is 4.69. The summed E-state index contributed by atoms with van der Waals surface area (Å²) in [5.41, 5.74) is 2.74. The molecule has 0 spiro atoms. The van der Waals surface area contributed by atoms with E-state index in [1.807, 2.05) is 23.6 Å². The van der Waals surface area contributed by atoms with Crippen LogP contribution in [0.3, 0.4) is 0 Å². The molecule has 0 saturated carbocycles. The van der Waals surface area contributed by atoms with E-state index in [1.54, 1.807) is 12.1 Å². The number of fused-ring (bicyclic) bond motifs is 1. The predicted octanol–water partition coefficient (Wildman–Crippen LogP) is 6.27. The molecule has 1 atom stereocenters. The van der Waals surface area contributed by atoms with Crippen molar-refractivity contribution in [2.45, 2.75) is 38.7 Å². The number of halogens is 1. The summed E-state index contributed by atoms with van der Waals surface area (Å²) in [7, 11) is 0. The minimum Gasteiger partial charge on any atom is -0.491 e. The molecule has 0 fully saturated rings. The second-order valence-electron chi connectivity index (χ2n) is 6.82. The van der Waals surface area contributed by atoms with Gasteiger partial charge >= 0.3 is 0 Å². The van der Waals surface area contributed by atoms with Crippen molar-refractivity contribution in [3.8, 4) is 11.5 Å². The van der Waals surface area contributed by atoms with Crippen LogP contribution in [0.1, 0.15) is 43.5 Å². The van der Waals surface area contributed by atoms with Gasteiger partial charge in [0.2, 0.25) is 0 Å². The van der Waals surface area contributed by atoms with Crippen molar-refractivity contribution in [2.24, 2.45) is 0 Å². The molecule has 1 aliphatic heterocycles. The number of unbranched alkanes of at least 4 members (excludes halogenated alkanes) is 2. The lowest BCUT2D eigenvalue weighted by Gasteiger charge is -2.09. The lowest BCUT2D eigenvalue weighted by molar-refractivity contribution is 0.234. The fourth-order valence-corrected chi connectivity index (χ4v) is 3.96. The Morgan fingerprint density at radius 3 is 2.96 bits per heavy atom. The molecular formula is C22H23FN2O2S. The summed E-state index contributed by atoms with van der Waals surface area (Å²) in [6, 6.07) is 13.0. The standard InChI is InChI=1S/C22H23FN2O2S/c1-2-3-6-11-26-20-10-9-16(13-17(20)23)24-22-25-18(14-28-22)21-12-15-7-4-5-8-19(15)27-21/h4-5,7-10,13-14,21H,2-3,6,11-12H2,1H3,(H,24,25). The van der Waals surface area contributed by atoms with Gasteiger partial charge in [-0.25, -0.2) is 9.37 Å². The van der Waals surface area contributed by atoms with Gasteiger partial charge in [-0.3, -0.25) is 0 Å². The molecule has 0 aliphatic carbocycles. The number of anilines is 2. The summed E-state index contributed by atoms with van der Waals surface area (Å²) in [5, 5.41) is 5.87. The molecule has 1 aliphatic rings. The summed E-state index contributed by atoms with van der Waals surface area (Å²) < 4.78 is 25.8. The van der Waals surface area contributed by atoms with Crippen LogP contribution in [0.4, 0.5) is 15.2 Å². The molecule has 0 radical (unpaired) electrons. The van der Waals surface area contributed by atoms with Gasteiger partial charge in [0.05, 0.1) is 12.3 Å². The van der Waals surface area contributed by atoms with Gasteiger partial charge in [-0.2, -0.15) is 0 Å². The molecule has 1 unspecified atom stereocenters.